The van der Waals surface area contributed by atoms with E-state index in [4.69, 9.17) is 4.74 Å². The van der Waals surface area contributed by atoms with Gasteiger partial charge in [-0.3, -0.25) is 4.99 Å². The Kier molecular flexibility index (Phi) is 13.6. The molecule has 1 rings (SSSR count). The molecule has 0 saturated heterocycles. The Labute approximate surface area is 168 Å². The Morgan fingerprint density at radius 3 is 2.54 bits per heavy atom. The number of aryl methyl sites for hydroxylation is 1. The van der Waals surface area contributed by atoms with Crippen molar-refractivity contribution in [2.45, 2.75) is 53.1 Å². The van der Waals surface area contributed by atoms with Crippen molar-refractivity contribution in [3.63, 3.8) is 0 Å². The summed E-state index contributed by atoms with van der Waals surface area (Å²) < 4.78 is 5.76. The molecule has 0 saturated carbocycles. The second kappa shape index (κ2) is 13.8. The number of rotatable bonds is 10. The molecule has 1 aromatic heterocycles. The summed E-state index contributed by atoms with van der Waals surface area (Å²) in [6.07, 6.45) is 5.25. The van der Waals surface area contributed by atoms with Gasteiger partial charge in [0.15, 0.2) is 5.96 Å². The highest BCUT2D eigenvalue weighted by Gasteiger charge is 2.12. The summed E-state index contributed by atoms with van der Waals surface area (Å²) in [7, 11) is 1.80. The number of hydrogen-bond donors (Lipinski definition) is 2. The van der Waals surface area contributed by atoms with Crippen molar-refractivity contribution < 1.29 is 4.74 Å². The molecule has 0 fully saturated rings. The first-order valence-electron chi connectivity index (χ1n) is 8.60. The van der Waals surface area contributed by atoms with E-state index in [1.165, 1.54) is 9.88 Å². The van der Waals surface area contributed by atoms with Gasteiger partial charge in [-0.05, 0) is 25.7 Å². The van der Waals surface area contributed by atoms with Crippen LogP contribution in [0.15, 0.2) is 11.2 Å². The van der Waals surface area contributed by atoms with E-state index < -0.39 is 0 Å². The molecule has 7 heteroatoms. The predicted octanol–water partition coefficient (Wildman–Crippen LogP) is 3.48. The van der Waals surface area contributed by atoms with Crippen LogP contribution in [0.25, 0.3) is 0 Å². The van der Waals surface area contributed by atoms with E-state index >= 15 is 0 Å². The zero-order chi connectivity index (χ0) is 17.1. The molecule has 1 atom stereocenters. The highest BCUT2D eigenvalue weighted by atomic mass is 127. The van der Waals surface area contributed by atoms with Crippen LogP contribution >= 0.6 is 35.3 Å². The van der Waals surface area contributed by atoms with Gasteiger partial charge in [-0.2, -0.15) is 0 Å². The summed E-state index contributed by atoms with van der Waals surface area (Å²) in [5.74, 6) is 1.38. The van der Waals surface area contributed by atoms with Crippen molar-refractivity contribution >= 4 is 41.3 Å². The van der Waals surface area contributed by atoms with Crippen molar-refractivity contribution in [1.82, 2.24) is 15.6 Å². The summed E-state index contributed by atoms with van der Waals surface area (Å²) in [5.41, 5.74) is 0. The van der Waals surface area contributed by atoms with Crippen LogP contribution in [0.2, 0.25) is 0 Å². The van der Waals surface area contributed by atoms with Gasteiger partial charge >= 0.3 is 0 Å². The first-order valence-corrected chi connectivity index (χ1v) is 9.42. The second-order valence-electron chi connectivity index (χ2n) is 5.78. The van der Waals surface area contributed by atoms with E-state index in [2.05, 4.69) is 41.4 Å². The van der Waals surface area contributed by atoms with Crippen LogP contribution in [0.5, 0.6) is 0 Å². The maximum Gasteiger partial charge on any atom is 0.190 e. The smallest absolute Gasteiger partial charge is 0.190 e. The molecule has 0 aliphatic rings. The van der Waals surface area contributed by atoms with E-state index in [9.17, 15) is 0 Å². The van der Waals surface area contributed by atoms with Crippen molar-refractivity contribution in [3.8, 4) is 0 Å². The summed E-state index contributed by atoms with van der Waals surface area (Å²) in [6, 6.07) is 0. The molecule has 0 aromatic carbocycles. The number of ether oxygens (including phenoxy) is 1. The van der Waals surface area contributed by atoms with Crippen molar-refractivity contribution in [2.75, 3.05) is 26.7 Å². The molecule has 0 bridgehead atoms. The van der Waals surface area contributed by atoms with Gasteiger partial charge in [0.1, 0.15) is 0 Å². The first kappa shape index (κ1) is 23.6. The molecule has 0 aliphatic heterocycles. The average molecular weight is 468 g/mol. The lowest BCUT2D eigenvalue weighted by molar-refractivity contribution is 0.0258. The Bertz CT molecular complexity index is 465. The molecule has 140 valence electrons. The molecule has 0 aliphatic carbocycles. The quantitative estimate of drug-likeness (QED) is 0.314. The van der Waals surface area contributed by atoms with Crippen LogP contribution in [-0.4, -0.2) is 43.8 Å². The second-order valence-corrected chi connectivity index (χ2v) is 6.98. The molecular weight excluding hydrogens is 435 g/mol. The SMILES string of the molecule is CCOC(CCNC(=NC)NCCc1ncc(CC)s1)C(C)C.I. The van der Waals surface area contributed by atoms with E-state index in [1.54, 1.807) is 18.4 Å². The van der Waals surface area contributed by atoms with Crippen molar-refractivity contribution in [3.05, 3.63) is 16.1 Å². The highest BCUT2D eigenvalue weighted by Crippen LogP contribution is 2.13. The predicted molar refractivity (Wildman–Crippen MR) is 115 cm³/mol. The molecular formula is C17H33IN4OS. The monoisotopic (exact) mass is 468 g/mol. The normalized spacial score (nSPS) is 12.8. The zero-order valence-electron chi connectivity index (χ0n) is 15.6. The van der Waals surface area contributed by atoms with Crippen molar-refractivity contribution in [1.29, 1.82) is 0 Å². The summed E-state index contributed by atoms with van der Waals surface area (Å²) in [6.45, 7) is 11.1. The highest BCUT2D eigenvalue weighted by molar-refractivity contribution is 14.0. The number of nitrogens with one attached hydrogen (secondary N) is 2. The standard InChI is InChI=1S/C17H32N4OS.HI/c1-6-14-12-21-16(23-14)9-11-20-17(18-5)19-10-8-15(13(3)4)22-7-2;/h12-13,15H,6-11H2,1-5H3,(H2,18,19,20);1H. The van der Waals surface area contributed by atoms with Crippen LogP contribution in [-0.2, 0) is 17.6 Å². The van der Waals surface area contributed by atoms with Gasteiger partial charge in [0, 0.05) is 44.2 Å². The lowest BCUT2D eigenvalue weighted by Crippen LogP contribution is -2.40. The summed E-state index contributed by atoms with van der Waals surface area (Å²) in [4.78, 5) is 10.0. The summed E-state index contributed by atoms with van der Waals surface area (Å²) >= 11 is 1.79. The van der Waals surface area contributed by atoms with Crippen LogP contribution in [0.3, 0.4) is 0 Å². The van der Waals surface area contributed by atoms with Gasteiger partial charge in [0.05, 0.1) is 11.1 Å². The molecule has 0 amide bonds. The fourth-order valence-electron chi connectivity index (χ4n) is 2.29. The number of aromatic nitrogens is 1. The number of hydrogen-bond acceptors (Lipinski definition) is 4. The number of halogens is 1. The van der Waals surface area contributed by atoms with E-state index in [0.717, 1.165) is 44.9 Å². The Morgan fingerprint density at radius 1 is 1.29 bits per heavy atom. The number of thiazole rings is 1. The topological polar surface area (TPSA) is 58.5 Å². The minimum Gasteiger partial charge on any atom is -0.378 e. The fourth-order valence-corrected chi connectivity index (χ4v) is 3.15. The third-order valence-electron chi connectivity index (χ3n) is 3.65. The minimum atomic E-state index is 0. The molecule has 24 heavy (non-hydrogen) atoms. The molecule has 0 radical (unpaired) electrons. The van der Waals surface area contributed by atoms with Gasteiger partial charge in [-0.25, -0.2) is 4.98 Å². The van der Waals surface area contributed by atoms with Gasteiger partial charge in [0.25, 0.3) is 0 Å². The lowest BCUT2D eigenvalue weighted by Gasteiger charge is -2.21. The molecule has 1 aromatic rings. The average Bonchev–Trinajstić information content (AvgIpc) is 3.00. The number of aliphatic imine (C=N–C) groups is 1. The van der Waals surface area contributed by atoms with E-state index in [1.807, 2.05) is 13.1 Å². The number of nitrogens with zero attached hydrogens (tertiary/aromatic N) is 2. The molecule has 1 unspecified atom stereocenters. The Balaban J connectivity index is 0.00000529. The van der Waals surface area contributed by atoms with Gasteiger partial charge in [-0.15, -0.1) is 35.3 Å². The minimum absolute atomic E-state index is 0. The van der Waals surface area contributed by atoms with Crippen molar-refractivity contribution in [2.24, 2.45) is 10.9 Å². The lowest BCUT2D eigenvalue weighted by atomic mass is 10.0. The third-order valence-corrected chi connectivity index (χ3v) is 4.85. The fraction of sp³-hybridized carbons (Fsp3) is 0.765. The van der Waals surface area contributed by atoms with E-state index in [-0.39, 0.29) is 24.0 Å². The van der Waals surface area contributed by atoms with Gasteiger partial charge in [0.2, 0.25) is 0 Å². The molecule has 1 heterocycles. The van der Waals surface area contributed by atoms with Crippen LogP contribution in [0.4, 0.5) is 0 Å². The molecule has 5 nitrogen and oxygen atoms in total. The third kappa shape index (κ3) is 9.17. The number of guanidine groups is 1. The van der Waals surface area contributed by atoms with Crippen LogP contribution in [0, 0.1) is 5.92 Å². The van der Waals surface area contributed by atoms with Gasteiger partial charge in [-0.1, -0.05) is 20.8 Å². The molecule has 2 N–H and O–H groups in total. The summed E-state index contributed by atoms with van der Waals surface area (Å²) in [5, 5.41) is 7.88. The largest absolute Gasteiger partial charge is 0.378 e. The Hall–Kier alpha value is -0.410. The van der Waals surface area contributed by atoms with Crippen LogP contribution in [0.1, 0.15) is 44.0 Å². The van der Waals surface area contributed by atoms with Crippen LogP contribution < -0.4 is 10.6 Å². The maximum absolute atomic E-state index is 5.76. The zero-order valence-corrected chi connectivity index (χ0v) is 18.7. The van der Waals surface area contributed by atoms with E-state index in [0.29, 0.717) is 12.0 Å². The first-order chi connectivity index (χ1) is 11.1. The maximum atomic E-state index is 5.76. The van der Waals surface area contributed by atoms with Gasteiger partial charge < -0.3 is 15.4 Å². The Morgan fingerprint density at radius 2 is 2.00 bits per heavy atom. The molecule has 0 spiro atoms.